The van der Waals surface area contributed by atoms with Crippen molar-refractivity contribution in [2.24, 2.45) is 23.5 Å². The molecule has 3 unspecified atom stereocenters. The lowest BCUT2D eigenvalue weighted by atomic mass is 9.65. The van der Waals surface area contributed by atoms with E-state index in [1.54, 1.807) is 0 Å². The van der Waals surface area contributed by atoms with E-state index in [9.17, 15) is 4.79 Å². The maximum absolute atomic E-state index is 13.2. The minimum absolute atomic E-state index is 0. The zero-order chi connectivity index (χ0) is 16.0. The number of rotatable bonds is 1. The first-order chi connectivity index (χ1) is 11.1. The molecule has 0 radical (unpaired) electrons. The van der Waals surface area contributed by atoms with Gasteiger partial charge < -0.3 is 15.4 Å². The molecule has 3 atom stereocenters. The maximum atomic E-state index is 13.2. The summed E-state index contributed by atoms with van der Waals surface area (Å²) in [5, 5.41) is 0. The van der Waals surface area contributed by atoms with Crippen molar-refractivity contribution in [3.05, 3.63) is 24.3 Å². The fourth-order valence-electron chi connectivity index (χ4n) is 4.81. The van der Waals surface area contributed by atoms with Crippen LogP contribution in [0.1, 0.15) is 39.0 Å². The number of ether oxygens (including phenoxy) is 1. The second-order valence-corrected chi connectivity index (χ2v) is 7.54. The SMILES string of the molecule is CC1CN(C(=O)C2CC3CCCC(C2)C3N)c2ccccc2O1.Cl. The third kappa shape index (κ3) is 3.02. The molecule has 2 saturated carbocycles. The summed E-state index contributed by atoms with van der Waals surface area (Å²) < 4.78 is 5.88. The van der Waals surface area contributed by atoms with Crippen LogP contribution in [0.2, 0.25) is 0 Å². The van der Waals surface area contributed by atoms with Crippen molar-refractivity contribution in [2.75, 3.05) is 11.4 Å². The average molecular weight is 351 g/mol. The van der Waals surface area contributed by atoms with Crippen molar-refractivity contribution in [1.29, 1.82) is 0 Å². The summed E-state index contributed by atoms with van der Waals surface area (Å²) in [5.41, 5.74) is 7.31. The molecular formula is C19H27ClN2O2. The van der Waals surface area contributed by atoms with Gasteiger partial charge in [-0.3, -0.25) is 4.79 Å². The molecule has 24 heavy (non-hydrogen) atoms. The van der Waals surface area contributed by atoms with Gasteiger partial charge in [-0.25, -0.2) is 0 Å². The van der Waals surface area contributed by atoms with Gasteiger partial charge >= 0.3 is 0 Å². The number of hydrogen-bond acceptors (Lipinski definition) is 3. The predicted octanol–water partition coefficient (Wildman–Crippen LogP) is 3.38. The third-order valence-corrected chi connectivity index (χ3v) is 5.95. The van der Waals surface area contributed by atoms with Crippen LogP contribution < -0.4 is 15.4 Å². The molecule has 1 heterocycles. The molecule has 1 aromatic rings. The third-order valence-electron chi connectivity index (χ3n) is 5.95. The Morgan fingerprint density at radius 3 is 2.58 bits per heavy atom. The van der Waals surface area contributed by atoms with Gasteiger partial charge in [-0.15, -0.1) is 12.4 Å². The van der Waals surface area contributed by atoms with Crippen LogP contribution in [0.15, 0.2) is 24.3 Å². The Kier molecular flexibility index (Phi) is 5.07. The van der Waals surface area contributed by atoms with E-state index < -0.39 is 0 Å². The largest absolute Gasteiger partial charge is 0.487 e. The van der Waals surface area contributed by atoms with Gasteiger partial charge in [0.15, 0.2) is 0 Å². The van der Waals surface area contributed by atoms with Crippen molar-refractivity contribution < 1.29 is 9.53 Å². The van der Waals surface area contributed by atoms with Gasteiger partial charge in [0.05, 0.1) is 12.2 Å². The first kappa shape index (κ1) is 17.6. The fourth-order valence-corrected chi connectivity index (χ4v) is 4.81. The highest BCUT2D eigenvalue weighted by Crippen LogP contribution is 2.43. The Morgan fingerprint density at radius 1 is 1.21 bits per heavy atom. The Balaban J connectivity index is 0.00000169. The van der Waals surface area contributed by atoms with E-state index in [1.807, 2.05) is 36.1 Å². The van der Waals surface area contributed by atoms with Crippen LogP contribution in [0.3, 0.4) is 0 Å². The molecular weight excluding hydrogens is 324 g/mol. The van der Waals surface area contributed by atoms with Gasteiger partial charge in [0, 0.05) is 12.0 Å². The first-order valence-electron chi connectivity index (χ1n) is 8.96. The Morgan fingerprint density at radius 2 is 1.88 bits per heavy atom. The monoisotopic (exact) mass is 350 g/mol. The van der Waals surface area contributed by atoms with Crippen LogP contribution in [-0.2, 0) is 4.79 Å². The summed E-state index contributed by atoms with van der Waals surface area (Å²) in [6.07, 6.45) is 5.63. The zero-order valence-electron chi connectivity index (χ0n) is 14.2. The van der Waals surface area contributed by atoms with Crippen LogP contribution in [0.25, 0.3) is 0 Å². The molecule has 0 aromatic heterocycles. The van der Waals surface area contributed by atoms with Gasteiger partial charge in [0.25, 0.3) is 0 Å². The minimum atomic E-state index is 0. The molecule has 4 rings (SSSR count). The number of fused-ring (bicyclic) bond motifs is 3. The number of halogens is 1. The lowest BCUT2D eigenvalue weighted by molar-refractivity contribution is -0.125. The topological polar surface area (TPSA) is 55.6 Å². The normalized spacial score (nSPS) is 34.6. The summed E-state index contributed by atoms with van der Waals surface area (Å²) in [7, 11) is 0. The summed E-state index contributed by atoms with van der Waals surface area (Å²) in [5.74, 6) is 2.29. The lowest BCUT2D eigenvalue weighted by Crippen LogP contribution is -2.51. The van der Waals surface area contributed by atoms with Crippen LogP contribution >= 0.6 is 12.4 Å². The van der Waals surface area contributed by atoms with Crippen LogP contribution in [-0.4, -0.2) is 24.6 Å². The van der Waals surface area contributed by atoms with E-state index in [1.165, 1.54) is 19.3 Å². The highest BCUT2D eigenvalue weighted by atomic mass is 35.5. The second kappa shape index (κ2) is 6.93. The molecule has 0 saturated heterocycles. The number of anilines is 1. The van der Waals surface area contributed by atoms with Crippen molar-refractivity contribution in [3.8, 4) is 5.75 Å². The van der Waals surface area contributed by atoms with E-state index in [2.05, 4.69) is 0 Å². The maximum Gasteiger partial charge on any atom is 0.230 e. The number of nitrogens with two attached hydrogens (primary N) is 1. The molecule has 0 spiro atoms. The van der Waals surface area contributed by atoms with Crippen molar-refractivity contribution in [2.45, 2.75) is 51.2 Å². The molecule has 4 nitrogen and oxygen atoms in total. The average Bonchev–Trinajstić information content (AvgIpc) is 2.53. The van der Waals surface area contributed by atoms with Crippen molar-refractivity contribution in [3.63, 3.8) is 0 Å². The molecule has 2 aliphatic carbocycles. The fraction of sp³-hybridized carbons (Fsp3) is 0.632. The van der Waals surface area contributed by atoms with Crippen molar-refractivity contribution in [1.82, 2.24) is 0 Å². The van der Waals surface area contributed by atoms with Gasteiger partial charge in [0.2, 0.25) is 5.91 Å². The Bertz CT molecular complexity index is 595. The summed E-state index contributed by atoms with van der Waals surface area (Å²) >= 11 is 0. The van der Waals surface area contributed by atoms with E-state index >= 15 is 0 Å². The summed E-state index contributed by atoms with van der Waals surface area (Å²) in [4.78, 5) is 15.2. The lowest BCUT2D eigenvalue weighted by Gasteiger charge is -2.45. The smallest absolute Gasteiger partial charge is 0.230 e. The molecule has 5 heteroatoms. The van der Waals surface area contributed by atoms with Gasteiger partial charge in [-0.05, 0) is 56.6 Å². The molecule has 2 bridgehead atoms. The van der Waals surface area contributed by atoms with Crippen LogP contribution in [0, 0.1) is 17.8 Å². The minimum Gasteiger partial charge on any atom is -0.487 e. The highest BCUT2D eigenvalue weighted by molar-refractivity contribution is 5.97. The molecule has 3 aliphatic rings. The van der Waals surface area contributed by atoms with Crippen molar-refractivity contribution >= 4 is 24.0 Å². The van der Waals surface area contributed by atoms with E-state index in [0.29, 0.717) is 24.4 Å². The number of amides is 1. The second-order valence-electron chi connectivity index (χ2n) is 7.54. The number of carbonyl (C=O) groups is 1. The summed E-state index contributed by atoms with van der Waals surface area (Å²) in [6.45, 7) is 2.68. The molecule has 1 aromatic carbocycles. The van der Waals surface area contributed by atoms with Gasteiger partial charge in [0.1, 0.15) is 11.9 Å². The van der Waals surface area contributed by atoms with E-state index in [4.69, 9.17) is 10.5 Å². The number of carbonyl (C=O) groups excluding carboxylic acids is 1. The van der Waals surface area contributed by atoms with Gasteiger partial charge in [-0.1, -0.05) is 18.6 Å². The number of hydrogen-bond donors (Lipinski definition) is 1. The Labute approximate surface area is 150 Å². The molecule has 2 N–H and O–H groups in total. The number of para-hydroxylation sites is 2. The first-order valence-corrected chi connectivity index (χ1v) is 8.96. The standard InChI is InChI=1S/C19H26N2O2.ClH/c1-12-11-21(16-7-2-3-8-17(16)23-12)19(22)15-9-13-5-4-6-14(10-15)18(13)20;/h2-3,7-8,12-15,18H,4-6,9-11,20H2,1H3;1H. The summed E-state index contributed by atoms with van der Waals surface area (Å²) in [6, 6.07) is 8.20. The molecule has 2 fully saturated rings. The molecule has 132 valence electrons. The predicted molar refractivity (Wildman–Crippen MR) is 97.7 cm³/mol. The van der Waals surface area contributed by atoms with Gasteiger partial charge in [-0.2, -0.15) is 0 Å². The van der Waals surface area contributed by atoms with Crippen LogP contribution in [0.4, 0.5) is 5.69 Å². The molecule has 1 amide bonds. The number of benzene rings is 1. The number of nitrogens with zero attached hydrogens (tertiary/aromatic N) is 1. The zero-order valence-corrected chi connectivity index (χ0v) is 15.0. The van der Waals surface area contributed by atoms with E-state index in [0.717, 1.165) is 24.3 Å². The van der Waals surface area contributed by atoms with E-state index in [-0.39, 0.29) is 30.3 Å². The van der Waals surface area contributed by atoms with Crippen LogP contribution in [0.5, 0.6) is 5.75 Å². The quantitative estimate of drug-likeness (QED) is 0.844. The highest BCUT2D eigenvalue weighted by Gasteiger charge is 2.42. The Hall–Kier alpha value is -1.26. The molecule has 1 aliphatic heterocycles.